The van der Waals surface area contributed by atoms with Crippen molar-refractivity contribution in [3.63, 3.8) is 0 Å². The van der Waals surface area contributed by atoms with Crippen LogP contribution in [0, 0.1) is 10.1 Å². The monoisotopic (exact) mass is 1400 g/mol. The average molecular weight is 1400 g/mol. The number of aromatic nitrogens is 3. The number of carboxylic acids is 1. The third kappa shape index (κ3) is 19.9. The first-order valence-electron chi connectivity index (χ1n) is 33.2. The fraction of sp³-hybridized carbons (Fsp3) is 0.394. The number of azo groups is 2. The Hall–Kier alpha value is -10.7. The number of nitrogens with one attached hydrogen (secondary N) is 3. The van der Waals surface area contributed by atoms with Gasteiger partial charge in [0, 0.05) is 129 Å². The highest BCUT2D eigenvalue weighted by atomic mass is 16.7. The number of rotatable bonds is 35. The van der Waals surface area contributed by atoms with Gasteiger partial charge in [-0.15, -0.1) is 15.3 Å². The lowest BCUT2D eigenvalue weighted by atomic mass is 9.89. The fourth-order valence-electron chi connectivity index (χ4n) is 11.2. The Bertz CT molecular complexity index is 4310. The molecule has 1 aliphatic carbocycles. The first-order chi connectivity index (χ1) is 49.1. The number of non-ortho nitro benzene ring substituents is 1. The smallest absolute Gasteiger partial charge is 0.269 e. The van der Waals surface area contributed by atoms with Crippen LogP contribution in [0.1, 0.15) is 71.4 Å². The number of ether oxygens (including phenoxy) is 5. The maximum absolute atomic E-state index is 13.9. The maximum Gasteiger partial charge on any atom is 0.269 e. The van der Waals surface area contributed by atoms with Crippen LogP contribution in [-0.2, 0) is 37.0 Å². The highest BCUT2D eigenvalue weighted by molar-refractivity contribution is 6.09. The molecule has 3 amide bonds. The second-order valence-electron chi connectivity index (χ2n) is 24.6. The minimum atomic E-state index is -1.60. The van der Waals surface area contributed by atoms with Gasteiger partial charge in [-0.1, -0.05) is 11.3 Å². The van der Waals surface area contributed by atoms with Crippen LogP contribution in [0.15, 0.2) is 146 Å². The van der Waals surface area contributed by atoms with E-state index in [9.17, 15) is 49.7 Å². The molecule has 0 radical (unpaired) electrons. The Morgan fingerprint density at radius 2 is 1.44 bits per heavy atom. The van der Waals surface area contributed by atoms with Crippen LogP contribution in [0.25, 0.3) is 33.4 Å². The fourth-order valence-corrected chi connectivity index (χ4v) is 11.2. The molecule has 1 fully saturated rings. The van der Waals surface area contributed by atoms with E-state index >= 15 is 0 Å². The molecule has 1 aromatic heterocycles. The largest absolute Gasteiger partial charge is 0.545 e. The number of aliphatic hydroxyl groups is 3. The summed E-state index contributed by atoms with van der Waals surface area (Å²) in [6, 6.07) is 30.9. The number of anilines is 2. The summed E-state index contributed by atoms with van der Waals surface area (Å²) in [5, 5.41) is 91.6. The van der Waals surface area contributed by atoms with Crippen LogP contribution in [0.2, 0.25) is 0 Å². The molecule has 3 aliphatic rings. The number of nitro benzene ring substituents is 1. The van der Waals surface area contributed by atoms with Crippen molar-refractivity contribution in [1.29, 1.82) is 0 Å². The molecule has 31 heteroatoms. The lowest BCUT2D eigenvalue weighted by Gasteiger charge is -2.40. The van der Waals surface area contributed by atoms with Crippen LogP contribution < -0.4 is 56.0 Å². The van der Waals surface area contributed by atoms with Gasteiger partial charge in [0.15, 0.2) is 6.29 Å². The minimum absolute atomic E-state index is 0.0162. The molecule has 1 saturated heterocycles. The van der Waals surface area contributed by atoms with Gasteiger partial charge < -0.3 is 84.8 Å². The zero-order chi connectivity index (χ0) is 73.0. The van der Waals surface area contributed by atoms with Gasteiger partial charge in [-0.05, 0) is 117 Å². The van der Waals surface area contributed by atoms with Crippen LogP contribution in [0.4, 0.5) is 39.8 Å². The highest BCUT2D eigenvalue weighted by Gasteiger charge is 2.44. The second kappa shape index (κ2) is 36.1. The van der Waals surface area contributed by atoms with Crippen molar-refractivity contribution in [2.45, 2.75) is 94.8 Å². The molecule has 0 saturated carbocycles. The van der Waals surface area contributed by atoms with Gasteiger partial charge in [-0.25, -0.2) is 4.58 Å². The lowest BCUT2D eigenvalue weighted by Crippen LogP contribution is -2.59. The van der Waals surface area contributed by atoms with Gasteiger partial charge in [-0.3, -0.25) is 29.2 Å². The second-order valence-corrected chi connectivity index (χ2v) is 24.6. The van der Waals surface area contributed by atoms with Gasteiger partial charge in [-0.2, -0.15) is 10.2 Å². The third-order valence-corrected chi connectivity index (χ3v) is 16.9. The molecule has 31 nitrogen and oxygen atoms in total. The number of carboxylic acid groups (broad SMARTS) is 1. The number of hydrogen-bond acceptors (Lipinski definition) is 25. The number of nitrogens with two attached hydrogens (primary N) is 1. The van der Waals surface area contributed by atoms with Gasteiger partial charge in [0.1, 0.15) is 84.5 Å². The standard InChI is InChI=1S/C71H85N15O16/c1-82(2)49-24-27-52-58(36-49)101-59-37-50(83(3)4)25-28-53(59)64(52)51-26-15-43(35-54(51)70(93)94)68(91)75-55(13-8-9-29-72)69(92)74-30-11-33-85-40-46(78-81-85)41-99-42-62-65(88)66(89)67(90)71(102-62)100-34-12-31-73-63(87)14-10-32-84(5)47-20-16-44(17-21-47)76-79-56-38-61(98-7)57(39-60(56)97-6)80-77-45-18-22-48(23-19-45)86(95)96/h15-28,35-40,55,62,65-67,71,88-90H,8-14,29-34,41-42,72H2,1-7H3,(H3-,73,74,75,87,91,92,93,94)/t55-,62+,65+,66-,67+,71+/m0/s1. The summed E-state index contributed by atoms with van der Waals surface area (Å²) in [7, 11) is 12.5. The summed E-state index contributed by atoms with van der Waals surface area (Å²) in [5.41, 5.74) is 11.5. The predicted octanol–water partition coefficient (Wildman–Crippen LogP) is 6.21. The molecule has 3 heterocycles. The van der Waals surface area contributed by atoms with Gasteiger partial charge in [0.2, 0.25) is 17.2 Å². The van der Waals surface area contributed by atoms with Crippen molar-refractivity contribution < 1.29 is 72.6 Å². The van der Waals surface area contributed by atoms with Crippen molar-refractivity contribution in [2.75, 3.05) is 98.7 Å². The number of carbonyl (C=O) groups is 4. The van der Waals surface area contributed by atoms with E-state index in [0.29, 0.717) is 125 Å². The first kappa shape index (κ1) is 75.5. The Morgan fingerprint density at radius 3 is 2.10 bits per heavy atom. The number of aryl methyl sites for hydroxylation is 1. The Balaban J connectivity index is 0.674. The summed E-state index contributed by atoms with van der Waals surface area (Å²) in [6.45, 7) is 1.58. The number of fused-ring (bicyclic) bond motifs is 2. The zero-order valence-corrected chi connectivity index (χ0v) is 57.8. The zero-order valence-electron chi connectivity index (χ0n) is 57.8. The Kier molecular flexibility index (Phi) is 26.7. The van der Waals surface area contributed by atoms with E-state index in [-0.39, 0.29) is 68.5 Å². The van der Waals surface area contributed by atoms with Crippen LogP contribution in [0.5, 0.6) is 11.5 Å². The number of benzene rings is 6. The lowest BCUT2D eigenvalue weighted by molar-refractivity contribution is -0.384. The van der Waals surface area contributed by atoms with E-state index in [1.807, 2.05) is 98.1 Å². The van der Waals surface area contributed by atoms with Crippen molar-refractivity contribution >= 4 is 74.5 Å². The normalized spacial score (nSPS) is 16.3. The molecule has 0 bridgehead atoms. The maximum atomic E-state index is 13.9. The number of aliphatic hydroxyl groups excluding tert-OH is 3. The van der Waals surface area contributed by atoms with Crippen molar-refractivity contribution in [3.05, 3.63) is 154 Å². The number of aromatic carboxylic acids is 1. The molecule has 5 aromatic carbocycles. The van der Waals surface area contributed by atoms with Crippen LogP contribution >= 0.6 is 0 Å². The highest BCUT2D eigenvalue weighted by Crippen LogP contribution is 2.44. The number of unbranched alkanes of at least 4 members (excludes halogenated alkanes) is 1. The number of nitro groups is 1. The molecular formula is C71H85N15O16. The topological polar surface area (TPSA) is 406 Å². The van der Waals surface area contributed by atoms with Crippen molar-refractivity contribution in [1.82, 2.24) is 35.5 Å². The molecule has 2 aliphatic heterocycles. The Labute approximate surface area is 587 Å². The van der Waals surface area contributed by atoms with Crippen LogP contribution in [0.3, 0.4) is 0 Å². The molecule has 8 N–H and O–H groups in total. The van der Waals surface area contributed by atoms with E-state index in [1.54, 1.807) is 41.2 Å². The van der Waals surface area contributed by atoms with Gasteiger partial charge in [0.05, 0.1) is 68.6 Å². The molecular weight excluding hydrogens is 1320 g/mol. The van der Waals surface area contributed by atoms with E-state index in [4.69, 9.17) is 33.8 Å². The number of hydrogen-bond donors (Lipinski definition) is 7. The summed E-state index contributed by atoms with van der Waals surface area (Å²) in [6.07, 6.45) is -2.41. The van der Waals surface area contributed by atoms with Gasteiger partial charge >= 0.3 is 0 Å². The number of methoxy groups -OCH3 is 2. The number of carbonyl (C=O) groups excluding carboxylic acids is 4. The SMILES string of the molecule is COc1cc(N=Nc2ccc([N+](=O)[O-])cc2)c(OC)cc1N=Nc1ccc(N(C)CCCC(=O)NCCCO[C@@H]2O[C@H](COCc3cn(CCCNC(=O)[C@H](CCCCN)NC(=O)c4ccc(-c5c6ccc(=[N+](C)C)cc-6oc6cc(N(C)C)ccc56)c(C(=O)[O-])c4)nn3)[C@@H](O)[C@H](O)[C@H]2O)cc1. The van der Waals surface area contributed by atoms with Crippen molar-refractivity contribution in [3.8, 4) is 33.9 Å². The molecule has 6 atom stereocenters. The molecule has 102 heavy (non-hydrogen) atoms. The molecule has 0 unspecified atom stereocenters. The predicted molar refractivity (Wildman–Crippen MR) is 376 cm³/mol. The number of nitrogens with zero attached hydrogens (tertiary/aromatic N) is 11. The molecule has 6 aromatic rings. The molecule has 9 rings (SSSR count). The van der Waals surface area contributed by atoms with E-state index < -0.39 is 59.5 Å². The molecule has 0 spiro atoms. The van der Waals surface area contributed by atoms with Gasteiger partial charge in [0.25, 0.3) is 11.6 Å². The van der Waals surface area contributed by atoms with Crippen LogP contribution in [-0.4, -0.2) is 185 Å². The third-order valence-electron chi connectivity index (χ3n) is 16.9. The quantitative estimate of drug-likeness (QED) is 0.00579. The number of amides is 3. The first-order valence-corrected chi connectivity index (χ1v) is 33.2. The van der Waals surface area contributed by atoms with E-state index in [2.05, 4.69) is 46.7 Å². The van der Waals surface area contributed by atoms with E-state index in [0.717, 1.165) is 16.7 Å². The minimum Gasteiger partial charge on any atom is -0.545 e. The summed E-state index contributed by atoms with van der Waals surface area (Å²) < 4.78 is 38.3. The molecule has 540 valence electrons. The summed E-state index contributed by atoms with van der Waals surface area (Å²) in [4.78, 5) is 67.8. The summed E-state index contributed by atoms with van der Waals surface area (Å²) in [5.74, 6) is -1.52. The van der Waals surface area contributed by atoms with E-state index in [1.165, 1.54) is 50.6 Å². The Morgan fingerprint density at radius 1 is 0.765 bits per heavy atom. The summed E-state index contributed by atoms with van der Waals surface area (Å²) >= 11 is 0. The van der Waals surface area contributed by atoms with Crippen molar-refractivity contribution in [2.24, 2.45) is 26.2 Å². The average Bonchev–Trinajstić information content (AvgIpc) is 0.889.